The van der Waals surface area contributed by atoms with Gasteiger partial charge in [-0.3, -0.25) is 0 Å². The van der Waals surface area contributed by atoms with Gasteiger partial charge in [-0.1, -0.05) is 0 Å². The zero-order chi connectivity index (χ0) is 15.0. The highest BCUT2D eigenvalue weighted by atomic mass is 79.9. The van der Waals surface area contributed by atoms with Gasteiger partial charge in [0.15, 0.2) is 0 Å². The van der Waals surface area contributed by atoms with Crippen LogP contribution in [-0.2, 0) is 5.60 Å². The summed E-state index contributed by atoms with van der Waals surface area (Å²) in [6, 6.07) is 3.86. The first-order valence-corrected chi connectivity index (χ1v) is 8.51. The van der Waals surface area contributed by atoms with Gasteiger partial charge in [-0.15, -0.1) is 0 Å². The zero-order valence-corrected chi connectivity index (χ0v) is 14.3. The summed E-state index contributed by atoms with van der Waals surface area (Å²) in [6.07, 6.45) is 6.68. The predicted octanol–water partition coefficient (Wildman–Crippen LogP) is 4.25. The lowest BCUT2D eigenvalue weighted by atomic mass is 9.72. The molecule has 4 heteroatoms. The average molecular weight is 355 g/mol. The maximum absolute atomic E-state index is 11.2. The summed E-state index contributed by atoms with van der Waals surface area (Å²) in [4.78, 5) is 0. The van der Waals surface area contributed by atoms with Crippen LogP contribution in [0.1, 0.15) is 44.1 Å². The van der Waals surface area contributed by atoms with Crippen molar-refractivity contribution in [2.75, 3.05) is 14.2 Å². The molecule has 0 heterocycles. The second-order valence-electron chi connectivity index (χ2n) is 6.39. The van der Waals surface area contributed by atoms with E-state index in [1.54, 1.807) is 14.2 Å². The van der Waals surface area contributed by atoms with Crippen molar-refractivity contribution >= 4 is 15.9 Å². The zero-order valence-electron chi connectivity index (χ0n) is 12.7. The van der Waals surface area contributed by atoms with Gasteiger partial charge < -0.3 is 14.6 Å². The fraction of sp³-hybridized carbons (Fsp3) is 0.647. The highest BCUT2D eigenvalue weighted by Gasteiger charge is 2.43. The number of aliphatic hydroxyl groups is 1. The van der Waals surface area contributed by atoms with Crippen LogP contribution < -0.4 is 9.47 Å². The van der Waals surface area contributed by atoms with E-state index in [2.05, 4.69) is 15.9 Å². The van der Waals surface area contributed by atoms with Gasteiger partial charge in [0, 0.05) is 5.56 Å². The van der Waals surface area contributed by atoms with Gasteiger partial charge >= 0.3 is 0 Å². The minimum absolute atomic E-state index is 0.661. The molecule has 2 aliphatic rings. The fourth-order valence-corrected chi connectivity index (χ4v) is 4.44. The Hall–Kier alpha value is -0.740. The van der Waals surface area contributed by atoms with Crippen LogP contribution in [-0.4, -0.2) is 19.3 Å². The number of methoxy groups -OCH3 is 2. The molecule has 2 atom stereocenters. The number of hydrogen-bond acceptors (Lipinski definition) is 3. The molecule has 1 N–H and O–H groups in total. The second kappa shape index (κ2) is 5.81. The summed E-state index contributed by atoms with van der Waals surface area (Å²) in [6.45, 7) is 0. The second-order valence-corrected chi connectivity index (χ2v) is 7.18. The van der Waals surface area contributed by atoms with Crippen molar-refractivity contribution in [2.24, 2.45) is 11.8 Å². The van der Waals surface area contributed by atoms with Crippen molar-refractivity contribution in [3.63, 3.8) is 0 Å². The van der Waals surface area contributed by atoms with Gasteiger partial charge in [0.2, 0.25) is 0 Å². The highest BCUT2D eigenvalue weighted by molar-refractivity contribution is 9.10. The summed E-state index contributed by atoms with van der Waals surface area (Å²) >= 11 is 3.54. The minimum atomic E-state index is -0.772. The lowest BCUT2D eigenvalue weighted by Gasteiger charge is -2.38. The van der Waals surface area contributed by atoms with Crippen molar-refractivity contribution in [3.8, 4) is 11.5 Å². The first-order chi connectivity index (χ1) is 10.1. The summed E-state index contributed by atoms with van der Waals surface area (Å²) in [5.41, 5.74) is 0.120. The molecule has 0 spiro atoms. The molecule has 0 saturated heterocycles. The third-order valence-electron chi connectivity index (χ3n) is 5.04. The maximum atomic E-state index is 11.2. The normalized spacial score (nSPS) is 29.2. The van der Waals surface area contributed by atoms with E-state index in [1.165, 1.54) is 19.3 Å². The smallest absolute Gasteiger partial charge is 0.142 e. The van der Waals surface area contributed by atoms with Crippen LogP contribution in [0.5, 0.6) is 11.5 Å². The van der Waals surface area contributed by atoms with Gasteiger partial charge in [0.05, 0.1) is 19.8 Å². The molecular weight excluding hydrogens is 332 g/mol. The fourth-order valence-electron chi connectivity index (χ4n) is 3.77. The van der Waals surface area contributed by atoms with Crippen LogP contribution in [0.15, 0.2) is 16.6 Å². The largest absolute Gasteiger partial charge is 0.495 e. The predicted molar refractivity (Wildman–Crippen MR) is 85.8 cm³/mol. The van der Waals surface area contributed by atoms with Crippen LogP contribution in [0.3, 0.4) is 0 Å². The molecule has 2 aliphatic carbocycles. The van der Waals surface area contributed by atoms with Crippen molar-refractivity contribution in [3.05, 3.63) is 22.2 Å². The molecule has 3 nitrogen and oxygen atoms in total. The SMILES string of the molecule is COc1ccc(C2(O)CCCC(C3CC3)C2)c(OC)c1Br. The van der Waals surface area contributed by atoms with Gasteiger partial charge in [0.25, 0.3) is 0 Å². The minimum Gasteiger partial charge on any atom is -0.495 e. The Morgan fingerprint density at radius 3 is 2.52 bits per heavy atom. The Morgan fingerprint density at radius 2 is 1.90 bits per heavy atom. The summed E-state index contributed by atoms with van der Waals surface area (Å²) in [5, 5.41) is 11.2. The number of halogens is 1. The van der Waals surface area contributed by atoms with E-state index in [9.17, 15) is 5.11 Å². The lowest BCUT2D eigenvalue weighted by molar-refractivity contribution is -0.0268. The standard InChI is InChI=1S/C17H23BrO3/c1-20-14-8-7-13(16(21-2)15(14)18)17(19)9-3-4-12(10-17)11-5-6-11/h7-8,11-12,19H,3-6,9-10H2,1-2H3. The third kappa shape index (κ3) is 2.80. The average Bonchev–Trinajstić information content (AvgIpc) is 3.31. The molecule has 0 bridgehead atoms. The molecule has 1 aromatic rings. The van der Waals surface area contributed by atoms with E-state index in [4.69, 9.17) is 9.47 Å². The van der Waals surface area contributed by atoms with Crippen LogP contribution in [0.25, 0.3) is 0 Å². The molecule has 1 aromatic carbocycles. The molecule has 0 radical (unpaired) electrons. The molecule has 2 unspecified atom stereocenters. The van der Waals surface area contributed by atoms with Gasteiger partial charge in [-0.05, 0) is 78.4 Å². The molecular formula is C17H23BrO3. The van der Waals surface area contributed by atoms with E-state index in [-0.39, 0.29) is 0 Å². The summed E-state index contributed by atoms with van der Waals surface area (Å²) in [7, 11) is 3.28. The Bertz CT molecular complexity index is 527. The van der Waals surface area contributed by atoms with E-state index < -0.39 is 5.60 Å². The van der Waals surface area contributed by atoms with Crippen LogP contribution in [0, 0.1) is 11.8 Å². The van der Waals surface area contributed by atoms with Crippen LogP contribution in [0.4, 0.5) is 0 Å². The Morgan fingerprint density at radius 1 is 1.14 bits per heavy atom. The number of rotatable bonds is 4. The first kappa shape index (κ1) is 15.2. The van der Waals surface area contributed by atoms with Crippen LogP contribution >= 0.6 is 15.9 Å². The lowest BCUT2D eigenvalue weighted by Crippen LogP contribution is -2.34. The molecule has 0 aromatic heterocycles. The van der Waals surface area contributed by atoms with Crippen molar-refractivity contribution < 1.29 is 14.6 Å². The van der Waals surface area contributed by atoms with Crippen LogP contribution in [0.2, 0.25) is 0 Å². The summed E-state index contributed by atoms with van der Waals surface area (Å²) < 4.78 is 11.7. The van der Waals surface area contributed by atoms with Gasteiger partial charge in [-0.2, -0.15) is 0 Å². The maximum Gasteiger partial charge on any atom is 0.142 e. The van der Waals surface area contributed by atoms with E-state index in [1.807, 2.05) is 12.1 Å². The molecule has 2 saturated carbocycles. The molecule has 0 amide bonds. The highest BCUT2D eigenvalue weighted by Crippen LogP contribution is 2.52. The Kier molecular flexibility index (Phi) is 4.19. The topological polar surface area (TPSA) is 38.7 Å². The molecule has 21 heavy (non-hydrogen) atoms. The monoisotopic (exact) mass is 354 g/mol. The van der Waals surface area contributed by atoms with Gasteiger partial charge in [0.1, 0.15) is 16.0 Å². The number of ether oxygens (including phenoxy) is 2. The Labute approximate surface area is 134 Å². The molecule has 2 fully saturated rings. The van der Waals surface area contributed by atoms with Crippen molar-refractivity contribution in [2.45, 2.75) is 44.1 Å². The third-order valence-corrected chi connectivity index (χ3v) is 5.79. The van der Waals surface area contributed by atoms with E-state index in [0.29, 0.717) is 11.7 Å². The first-order valence-electron chi connectivity index (χ1n) is 7.72. The van der Waals surface area contributed by atoms with Crippen molar-refractivity contribution in [1.82, 2.24) is 0 Å². The summed E-state index contributed by atoms with van der Waals surface area (Å²) in [5.74, 6) is 2.93. The Balaban J connectivity index is 1.95. The molecule has 3 rings (SSSR count). The molecule has 0 aliphatic heterocycles. The van der Waals surface area contributed by atoms with Gasteiger partial charge in [-0.25, -0.2) is 0 Å². The van der Waals surface area contributed by atoms with E-state index in [0.717, 1.165) is 41.0 Å². The number of benzene rings is 1. The quantitative estimate of drug-likeness (QED) is 0.877. The molecule has 116 valence electrons. The van der Waals surface area contributed by atoms with E-state index >= 15 is 0 Å². The number of hydrogen-bond donors (Lipinski definition) is 1. The van der Waals surface area contributed by atoms with Crippen molar-refractivity contribution in [1.29, 1.82) is 0 Å².